The second-order valence-corrected chi connectivity index (χ2v) is 11.8. The molecule has 6 heteroatoms. The molecule has 20 heavy (non-hydrogen) atoms. The van der Waals surface area contributed by atoms with Crippen LogP contribution in [0.2, 0.25) is 28.2 Å². The van der Waals surface area contributed by atoms with Crippen LogP contribution >= 0.6 is 23.2 Å². The molecule has 0 saturated heterocycles. The van der Waals surface area contributed by atoms with Gasteiger partial charge in [-0.15, -0.1) is 0 Å². The molecule has 0 saturated carbocycles. The molecule has 0 heterocycles. The van der Waals surface area contributed by atoms with Crippen molar-refractivity contribution in [3.05, 3.63) is 27.7 Å². The van der Waals surface area contributed by atoms with Gasteiger partial charge in [0.2, 0.25) is 8.32 Å². The lowest BCUT2D eigenvalue weighted by Crippen LogP contribution is -2.43. The van der Waals surface area contributed by atoms with Crippen molar-refractivity contribution < 1.29 is 14.3 Å². The molecule has 0 spiro atoms. The van der Waals surface area contributed by atoms with E-state index in [0.29, 0.717) is 21.4 Å². The maximum absolute atomic E-state index is 10.8. The van der Waals surface area contributed by atoms with E-state index in [9.17, 15) is 4.79 Å². The SMILES string of the molecule is CC(C)(C)[Si](C)(C)Oc1cc(Cl)c(CC(=O)O)c(Cl)c1. The zero-order valence-electron chi connectivity index (χ0n) is 12.4. The van der Waals surface area contributed by atoms with Crippen LogP contribution in [0, 0.1) is 0 Å². The molecule has 1 aromatic rings. The third-order valence-electron chi connectivity index (χ3n) is 3.62. The van der Waals surface area contributed by atoms with E-state index < -0.39 is 14.3 Å². The molecule has 0 radical (unpaired) electrons. The first-order valence-corrected chi connectivity index (χ1v) is 9.99. The zero-order valence-corrected chi connectivity index (χ0v) is 14.9. The van der Waals surface area contributed by atoms with Crippen molar-refractivity contribution in [3.8, 4) is 5.75 Å². The highest BCUT2D eigenvalue weighted by Crippen LogP contribution is 2.39. The summed E-state index contributed by atoms with van der Waals surface area (Å²) in [7, 11) is -1.97. The lowest BCUT2D eigenvalue weighted by Gasteiger charge is -2.36. The Morgan fingerprint density at radius 1 is 1.25 bits per heavy atom. The number of benzene rings is 1. The summed E-state index contributed by atoms with van der Waals surface area (Å²) in [5.74, 6) is -0.368. The molecule has 1 aromatic carbocycles. The summed E-state index contributed by atoms with van der Waals surface area (Å²) >= 11 is 12.2. The minimum absolute atomic E-state index is 0.0612. The third-order valence-corrected chi connectivity index (χ3v) is 8.65. The van der Waals surface area contributed by atoms with Crippen molar-refractivity contribution in [1.82, 2.24) is 0 Å². The number of carboxylic acid groups (broad SMARTS) is 1. The predicted molar refractivity (Wildman–Crippen MR) is 85.6 cm³/mol. The van der Waals surface area contributed by atoms with Gasteiger partial charge in [0.1, 0.15) is 5.75 Å². The summed E-state index contributed by atoms with van der Waals surface area (Å²) in [5, 5.41) is 9.55. The van der Waals surface area contributed by atoms with E-state index in [2.05, 4.69) is 33.9 Å². The van der Waals surface area contributed by atoms with Crippen molar-refractivity contribution in [2.75, 3.05) is 0 Å². The summed E-state index contributed by atoms with van der Waals surface area (Å²) in [6.45, 7) is 10.7. The maximum Gasteiger partial charge on any atom is 0.307 e. The van der Waals surface area contributed by atoms with Gasteiger partial charge in [0.05, 0.1) is 6.42 Å². The Bertz CT molecular complexity index is 499. The van der Waals surface area contributed by atoms with Crippen LogP contribution in [0.1, 0.15) is 26.3 Å². The lowest BCUT2D eigenvalue weighted by atomic mass is 10.1. The topological polar surface area (TPSA) is 46.5 Å². The average Bonchev–Trinajstić information content (AvgIpc) is 2.20. The third kappa shape index (κ3) is 4.14. The molecule has 0 aliphatic heterocycles. The van der Waals surface area contributed by atoms with Crippen molar-refractivity contribution in [3.63, 3.8) is 0 Å². The van der Waals surface area contributed by atoms with Gasteiger partial charge in [-0.05, 0) is 30.3 Å². The minimum Gasteiger partial charge on any atom is -0.543 e. The van der Waals surface area contributed by atoms with Gasteiger partial charge in [0.25, 0.3) is 0 Å². The number of aliphatic carboxylic acids is 1. The molecule has 0 aromatic heterocycles. The molecule has 112 valence electrons. The second-order valence-electron chi connectivity index (χ2n) is 6.30. The van der Waals surface area contributed by atoms with Crippen LogP contribution in [0.25, 0.3) is 0 Å². The number of hydrogen-bond acceptors (Lipinski definition) is 2. The van der Waals surface area contributed by atoms with Gasteiger partial charge in [-0.1, -0.05) is 44.0 Å². The first kappa shape index (κ1) is 17.3. The largest absolute Gasteiger partial charge is 0.543 e. The van der Waals surface area contributed by atoms with Gasteiger partial charge in [-0.2, -0.15) is 0 Å². The van der Waals surface area contributed by atoms with Crippen LogP contribution in [0.4, 0.5) is 0 Å². The number of carboxylic acids is 1. The molecular formula is C14H20Cl2O3Si. The highest BCUT2D eigenvalue weighted by molar-refractivity contribution is 6.74. The van der Waals surface area contributed by atoms with E-state index >= 15 is 0 Å². The van der Waals surface area contributed by atoms with Crippen molar-refractivity contribution >= 4 is 37.5 Å². The van der Waals surface area contributed by atoms with E-state index in [0.717, 1.165) is 0 Å². The van der Waals surface area contributed by atoms with Gasteiger partial charge >= 0.3 is 5.97 Å². The number of halogens is 2. The quantitative estimate of drug-likeness (QED) is 0.787. The molecule has 0 unspecified atom stereocenters. The fraction of sp³-hybridized carbons (Fsp3) is 0.500. The second kappa shape index (κ2) is 5.96. The predicted octanol–water partition coefficient (Wildman–Crippen LogP) is 5.00. The first-order valence-electron chi connectivity index (χ1n) is 6.33. The standard InChI is InChI=1S/C14H20Cl2O3Si/c1-14(2,3)20(4,5)19-9-6-11(15)10(8-13(17)18)12(16)7-9/h6-7H,8H2,1-5H3,(H,17,18). The van der Waals surface area contributed by atoms with E-state index in [4.69, 9.17) is 32.7 Å². The molecule has 0 aliphatic rings. The fourth-order valence-electron chi connectivity index (χ4n) is 1.41. The van der Waals surface area contributed by atoms with E-state index in [1.807, 2.05) is 0 Å². The number of rotatable bonds is 4. The monoisotopic (exact) mass is 334 g/mol. The van der Waals surface area contributed by atoms with E-state index in [-0.39, 0.29) is 11.5 Å². The summed E-state index contributed by atoms with van der Waals surface area (Å²) in [5.41, 5.74) is 0.420. The molecule has 0 bridgehead atoms. The van der Waals surface area contributed by atoms with Crippen molar-refractivity contribution in [2.45, 2.75) is 45.3 Å². The van der Waals surface area contributed by atoms with Crippen LogP contribution in [0.3, 0.4) is 0 Å². The Morgan fingerprint density at radius 3 is 2.05 bits per heavy atom. The Hall–Kier alpha value is -0.713. The Labute approximate surface area is 131 Å². The highest BCUT2D eigenvalue weighted by Gasteiger charge is 2.39. The van der Waals surface area contributed by atoms with Crippen molar-refractivity contribution in [2.24, 2.45) is 0 Å². The molecular weight excluding hydrogens is 315 g/mol. The fourth-order valence-corrected chi connectivity index (χ4v) is 3.02. The van der Waals surface area contributed by atoms with Crippen LogP contribution in [-0.2, 0) is 11.2 Å². The van der Waals surface area contributed by atoms with Crippen molar-refractivity contribution in [1.29, 1.82) is 0 Å². The van der Waals surface area contributed by atoms with E-state index in [1.54, 1.807) is 12.1 Å². The summed E-state index contributed by atoms with van der Waals surface area (Å²) in [6, 6.07) is 3.29. The highest BCUT2D eigenvalue weighted by atomic mass is 35.5. The van der Waals surface area contributed by atoms with Gasteiger partial charge in [0.15, 0.2) is 0 Å². The lowest BCUT2D eigenvalue weighted by molar-refractivity contribution is -0.136. The van der Waals surface area contributed by atoms with Crippen LogP contribution in [-0.4, -0.2) is 19.4 Å². The molecule has 1 N–H and O–H groups in total. The molecule has 0 amide bonds. The Morgan fingerprint density at radius 2 is 1.70 bits per heavy atom. The van der Waals surface area contributed by atoms with Gasteiger partial charge in [-0.3, -0.25) is 4.79 Å². The summed E-state index contributed by atoms with van der Waals surface area (Å²) < 4.78 is 6.11. The molecule has 0 fully saturated rings. The molecule has 3 nitrogen and oxygen atoms in total. The maximum atomic E-state index is 10.8. The summed E-state index contributed by atoms with van der Waals surface area (Å²) in [4.78, 5) is 10.8. The zero-order chi connectivity index (χ0) is 15.7. The summed E-state index contributed by atoms with van der Waals surface area (Å²) in [6.07, 6.45) is -0.196. The molecule has 0 aliphatic carbocycles. The van der Waals surface area contributed by atoms with E-state index in [1.165, 1.54) is 0 Å². The number of carbonyl (C=O) groups is 1. The number of hydrogen-bond donors (Lipinski definition) is 1. The normalized spacial score (nSPS) is 12.3. The Balaban J connectivity index is 3.09. The minimum atomic E-state index is -1.97. The average molecular weight is 335 g/mol. The smallest absolute Gasteiger partial charge is 0.307 e. The van der Waals surface area contributed by atoms with Gasteiger partial charge in [0, 0.05) is 15.6 Å². The first-order chi connectivity index (χ1) is 8.94. The van der Waals surface area contributed by atoms with Gasteiger partial charge < -0.3 is 9.53 Å². The molecule has 0 atom stereocenters. The van der Waals surface area contributed by atoms with Crippen LogP contribution in [0.5, 0.6) is 5.75 Å². The van der Waals surface area contributed by atoms with Crippen LogP contribution in [0.15, 0.2) is 12.1 Å². The molecule has 1 rings (SSSR count). The van der Waals surface area contributed by atoms with Gasteiger partial charge in [-0.25, -0.2) is 0 Å². The Kier molecular flexibility index (Phi) is 5.16. The van der Waals surface area contributed by atoms with Crippen LogP contribution < -0.4 is 4.43 Å².